The number of nitrogens with zero attached hydrogens (tertiary/aromatic N) is 6. The number of ether oxygens (including phenoxy) is 7. The van der Waals surface area contributed by atoms with Crippen molar-refractivity contribution in [1.29, 1.82) is 0 Å². The average Bonchev–Trinajstić information content (AvgIpc) is 4.25. The van der Waals surface area contributed by atoms with E-state index in [1.165, 1.54) is 11.0 Å². The van der Waals surface area contributed by atoms with Crippen molar-refractivity contribution in [3.8, 4) is 18.1 Å². The molecule has 5 aromatic rings. The van der Waals surface area contributed by atoms with Crippen molar-refractivity contribution in [2.75, 3.05) is 116 Å². The normalized spacial score (nSPS) is 14.6. The largest absolute Gasteiger partial charge is 0.489 e. The zero-order valence-electron chi connectivity index (χ0n) is 42.7. The molecular weight excluding hydrogens is 934 g/mol. The minimum Gasteiger partial charge on any atom is -0.489 e. The standard InChI is InChI=1S/C56H72FN7O9/c1-5-22-67-25-27-69-29-31-71-32-30-70-28-26-68-23-7-18-59-47-12-10-44(11-13-47)41-73-56(66)61(4)21-24-72-54-35-53-51(34-52(54)57)55(65)46(39-64(53)48-15-16-48)38-63(37-45-17-19-58-43(3)33-45)50-8-6-20-62(40-50)49-14-9-42(2)60-36-49/h1,9-14,17,19,33-36,39,48,50,59H,6-8,15-16,18,20-32,37-38,40-41H2,2-4H3/t50-/m0/s1. The number of terminal acetylenes is 1. The summed E-state index contributed by atoms with van der Waals surface area (Å²) in [5.74, 6) is 1.81. The highest BCUT2D eigenvalue weighted by Crippen LogP contribution is 2.38. The van der Waals surface area contributed by atoms with Gasteiger partial charge in [0, 0.05) is 105 Å². The van der Waals surface area contributed by atoms with Crippen molar-refractivity contribution >= 4 is 28.4 Å². The fraction of sp³-hybridized carbons (Fsp3) is 0.500. The molecule has 2 aromatic carbocycles. The Morgan fingerprint density at radius 1 is 0.836 bits per heavy atom. The lowest BCUT2D eigenvalue weighted by Gasteiger charge is -2.40. The number of halogens is 1. The van der Waals surface area contributed by atoms with Gasteiger partial charge in [0.15, 0.2) is 17.0 Å². The molecule has 4 heterocycles. The Labute approximate surface area is 429 Å². The lowest BCUT2D eigenvalue weighted by molar-refractivity contribution is -0.00912. The van der Waals surface area contributed by atoms with E-state index >= 15 is 4.39 Å². The van der Waals surface area contributed by atoms with Crippen LogP contribution in [0.25, 0.3) is 10.9 Å². The quantitative estimate of drug-likeness (QED) is 0.0341. The number of nitrogens with one attached hydrogen (secondary N) is 1. The van der Waals surface area contributed by atoms with Crippen molar-refractivity contribution in [1.82, 2.24) is 24.3 Å². The van der Waals surface area contributed by atoms with Gasteiger partial charge >= 0.3 is 6.09 Å². The van der Waals surface area contributed by atoms with E-state index in [4.69, 9.17) is 39.6 Å². The third-order valence-electron chi connectivity index (χ3n) is 12.8. The molecule has 2 aliphatic rings. The van der Waals surface area contributed by atoms with Crippen molar-refractivity contribution in [3.05, 3.63) is 123 Å². The molecule has 392 valence electrons. The predicted octanol–water partition coefficient (Wildman–Crippen LogP) is 7.72. The number of likely N-dealkylation sites (N-methyl/N-ethyl adjacent to an activating group) is 1. The van der Waals surface area contributed by atoms with Gasteiger partial charge in [0.1, 0.15) is 19.8 Å². The third kappa shape index (κ3) is 17.5. The van der Waals surface area contributed by atoms with E-state index in [1.807, 2.05) is 68.8 Å². The summed E-state index contributed by atoms with van der Waals surface area (Å²) in [4.78, 5) is 42.4. The second kappa shape index (κ2) is 28.9. The van der Waals surface area contributed by atoms with Gasteiger partial charge in [-0.05, 0) is 99.5 Å². The van der Waals surface area contributed by atoms with Gasteiger partial charge in [-0.3, -0.25) is 19.7 Å². The summed E-state index contributed by atoms with van der Waals surface area (Å²) in [6.45, 7) is 12.6. The van der Waals surface area contributed by atoms with E-state index in [1.54, 1.807) is 13.1 Å². The number of fused-ring (bicyclic) bond motifs is 1. The Bertz CT molecular complexity index is 2590. The summed E-state index contributed by atoms with van der Waals surface area (Å²) < 4.78 is 56.7. The van der Waals surface area contributed by atoms with Crippen LogP contribution in [-0.2, 0) is 48.1 Å². The molecule has 0 radical (unpaired) electrons. The van der Waals surface area contributed by atoms with Crippen LogP contribution in [0, 0.1) is 32.0 Å². The first-order chi connectivity index (χ1) is 35.6. The van der Waals surface area contributed by atoms with Gasteiger partial charge in [-0.1, -0.05) is 18.1 Å². The van der Waals surface area contributed by atoms with Crippen LogP contribution in [-0.4, -0.2) is 142 Å². The Morgan fingerprint density at radius 2 is 1.56 bits per heavy atom. The van der Waals surface area contributed by atoms with Gasteiger partial charge in [-0.15, -0.1) is 6.42 Å². The van der Waals surface area contributed by atoms with Crippen molar-refractivity contribution in [2.45, 2.75) is 77.7 Å². The SMILES string of the molecule is C#CCOCCOCCOCCOCCOCCCNc1ccc(COC(=O)N(C)CCOc2cc3c(cc2F)c(=O)c(CN(Cc2ccnc(C)c2)[C@H]2CCCN(c4ccc(C)nc4)C2)cn3C2CC2)cc1. The topological polar surface area (TPSA) is 151 Å². The first-order valence-corrected chi connectivity index (χ1v) is 25.5. The van der Waals surface area contributed by atoms with Crippen LogP contribution in [0.4, 0.5) is 20.6 Å². The molecule has 7 rings (SSSR count). The van der Waals surface area contributed by atoms with E-state index in [2.05, 4.69) is 47.7 Å². The van der Waals surface area contributed by atoms with E-state index < -0.39 is 11.9 Å². The lowest BCUT2D eigenvalue weighted by atomic mass is 10.0. The number of hydrogen-bond acceptors (Lipinski definition) is 14. The highest BCUT2D eigenvalue weighted by Gasteiger charge is 2.30. The number of hydrogen-bond donors (Lipinski definition) is 1. The lowest BCUT2D eigenvalue weighted by Crippen LogP contribution is -2.48. The third-order valence-corrected chi connectivity index (χ3v) is 12.8. The van der Waals surface area contributed by atoms with Crippen molar-refractivity contribution in [2.24, 2.45) is 0 Å². The molecule has 1 saturated carbocycles. The number of aryl methyl sites for hydroxylation is 2. The molecule has 16 nitrogen and oxygen atoms in total. The van der Waals surface area contributed by atoms with Crippen LogP contribution in [0.3, 0.4) is 0 Å². The zero-order chi connectivity index (χ0) is 51.2. The predicted molar refractivity (Wildman–Crippen MR) is 280 cm³/mol. The summed E-state index contributed by atoms with van der Waals surface area (Å²) in [5, 5.41) is 3.70. The highest BCUT2D eigenvalue weighted by molar-refractivity contribution is 5.81. The molecule has 1 aliphatic heterocycles. The molecule has 2 fully saturated rings. The summed E-state index contributed by atoms with van der Waals surface area (Å²) in [6.07, 6.45) is 15.1. The Balaban J connectivity index is 0.833. The summed E-state index contributed by atoms with van der Waals surface area (Å²) in [6, 6.07) is 19.3. The highest BCUT2D eigenvalue weighted by atomic mass is 19.1. The first-order valence-electron chi connectivity index (χ1n) is 25.5. The number of carbonyl (C=O) groups excluding carboxylic acids is 1. The summed E-state index contributed by atoms with van der Waals surface area (Å²) in [7, 11) is 1.61. The van der Waals surface area contributed by atoms with E-state index in [9.17, 15) is 9.59 Å². The molecule has 1 N–H and O–H groups in total. The number of anilines is 2. The molecular formula is C56H72FN7O9. The minimum absolute atomic E-state index is 0.0264. The minimum atomic E-state index is -0.627. The maximum atomic E-state index is 15.9. The summed E-state index contributed by atoms with van der Waals surface area (Å²) in [5.41, 5.74) is 7.01. The van der Waals surface area contributed by atoms with Crippen molar-refractivity contribution in [3.63, 3.8) is 0 Å². The van der Waals surface area contributed by atoms with Crippen LogP contribution in [0.5, 0.6) is 5.75 Å². The molecule has 1 amide bonds. The average molecular weight is 1010 g/mol. The number of aromatic nitrogens is 3. The fourth-order valence-corrected chi connectivity index (χ4v) is 8.67. The fourth-order valence-electron chi connectivity index (χ4n) is 8.67. The molecule has 17 heteroatoms. The van der Waals surface area contributed by atoms with Gasteiger partial charge in [0.2, 0.25) is 0 Å². The Hall–Kier alpha value is -6.13. The molecule has 1 saturated heterocycles. The van der Waals surface area contributed by atoms with Crippen molar-refractivity contribution < 1.29 is 42.3 Å². The summed E-state index contributed by atoms with van der Waals surface area (Å²) >= 11 is 0. The molecule has 0 unspecified atom stereocenters. The maximum Gasteiger partial charge on any atom is 0.409 e. The number of rotatable bonds is 31. The molecule has 0 spiro atoms. The maximum absolute atomic E-state index is 15.9. The van der Waals surface area contributed by atoms with E-state index in [0.717, 1.165) is 85.6 Å². The molecule has 1 aliphatic carbocycles. The first kappa shape index (κ1) is 54.6. The molecule has 3 aromatic heterocycles. The van der Waals surface area contributed by atoms with Crippen LogP contribution in [0.15, 0.2) is 84.0 Å². The van der Waals surface area contributed by atoms with Gasteiger partial charge in [0.25, 0.3) is 0 Å². The van der Waals surface area contributed by atoms with Crippen LogP contribution >= 0.6 is 0 Å². The van der Waals surface area contributed by atoms with Crippen LogP contribution in [0.1, 0.15) is 66.2 Å². The van der Waals surface area contributed by atoms with Crippen LogP contribution < -0.4 is 20.4 Å². The van der Waals surface area contributed by atoms with Crippen LogP contribution in [0.2, 0.25) is 0 Å². The smallest absolute Gasteiger partial charge is 0.409 e. The van der Waals surface area contributed by atoms with E-state index in [-0.39, 0.29) is 43.0 Å². The van der Waals surface area contributed by atoms with Gasteiger partial charge in [-0.25, -0.2) is 9.18 Å². The second-order valence-electron chi connectivity index (χ2n) is 18.5. The number of pyridine rings is 3. The second-order valence-corrected chi connectivity index (χ2v) is 18.5. The van der Waals surface area contributed by atoms with Gasteiger partial charge < -0.3 is 52.8 Å². The van der Waals surface area contributed by atoms with E-state index in [0.29, 0.717) is 95.6 Å². The Morgan fingerprint density at radius 3 is 2.25 bits per heavy atom. The van der Waals surface area contributed by atoms with Gasteiger partial charge in [0.05, 0.1) is 76.8 Å². The molecule has 1 atom stereocenters. The Kier molecular flexibility index (Phi) is 21.7. The molecule has 73 heavy (non-hydrogen) atoms. The molecule has 0 bridgehead atoms. The number of piperidine rings is 1. The number of benzene rings is 2. The monoisotopic (exact) mass is 1010 g/mol. The zero-order valence-corrected chi connectivity index (χ0v) is 42.7. The number of amides is 1. The van der Waals surface area contributed by atoms with Gasteiger partial charge in [-0.2, -0.15) is 0 Å². The number of carbonyl (C=O) groups is 1.